The summed E-state index contributed by atoms with van der Waals surface area (Å²) in [6.07, 6.45) is 0.386. The van der Waals surface area contributed by atoms with Crippen molar-refractivity contribution >= 4 is 57.4 Å². The predicted molar refractivity (Wildman–Crippen MR) is 157 cm³/mol. The van der Waals surface area contributed by atoms with E-state index in [1.54, 1.807) is 35.2 Å². The van der Waals surface area contributed by atoms with Crippen LogP contribution in [0.4, 0.5) is 5.69 Å². The normalized spacial score (nSPS) is 13.2. The van der Waals surface area contributed by atoms with Crippen LogP contribution in [0.15, 0.2) is 78.9 Å². The maximum Gasteiger partial charge on any atom is 0.261 e. The molecule has 0 bridgehead atoms. The number of anilines is 1. The van der Waals surface area contributed by atoms with E-state index >= 15 is 0 Å². The standard InChI is InChI=1S/C32H28Cl2N2O3/c1-32(2,3)22-11-13-25(14-12-22)35(29(37)21-17-23(33)19-24(34)18-21)15-6-16-36-30(38)26-9-4-7-20-8-5-10-27(28(20)26)31(36)39/h4-5,7-14,17-19H,6,15-16H2,1-3H3. The molecule has 0 unspecified atom stereocenters. The van der Waals surface area contributed by atoms with Crippen LogP contribution in [0.1, 0.15) is 63.8 Å². The first kappa shape index (κ1) is 26.9. The van der Waals surface area contributed by atoms with Gasteiger partial charge in [-0.25, -0.2) is 0 Å². The summed E-state index contributed by atoms with van der Waals surface area (Å²) in [5, 5.41) is 2.29. The summed E-state index contributed by atoms with van der Waals surface area (Å²) in [4.78, 5) is 43.2. The van der Waals surface area contributed by atoms with Crippen LogP contribution < -0.4 is 4.90 Å². The minimum absolute atomic E-state index is 0.0397. The first-order valence-electron chi connectivity index (χ1n) is 12.8. The molecule has 0 radical (unpaired) electrons. The molecule has 4 aromatic rings. The van der Waals surface area contributed by atoms with Crippen molar-refractivity contribution in [3.05, 3.63) is 111 Å². The molecule has 1 aliphatic heterocycles. The summed E-state index contributed by atoms with van der Waals surface area (Å²) in [6, 6.07) is 23.5. The number of carbonyl (C=O) groups is 3. The Morgan fingerprint density at radius 1 is 0.821 bits per heavy atom. The molecule has 0 spiro atoms. The molecule has 39 heavy (non-hydrogen) atoms. The SMILES string of the molecule is CC(C)(C)c1ccc(N(CCCN2C(=O)c3cccc4cccc(c34)C2=O)C(=O)c2cc(Cl)cc(Cl)c2)cc1. The summed E-state index contributed by atoms with van der Waals surface area (Å²) in [6.45, 7) is 6.84. The molecule has 0 saturated heterocycles. The molecule has 0 atom stereocenters. The zero-order chi connectivity index (χ0) is 27.9. The number of amides is 3. The van der Waals surface area contributed by atoms with E-state index in [0.717, 1.165) is 10.9 Å². The lowest BCUT2D eigenvalue weighted by Crippen LogP contribution is -2.42. The van der Waals surface area contributed by atoms with Gasteiger partial charge in [0.1, 0.15) is 0 Å². The Hall–Kier alpha value is -3.67. The van der Waals surface area contributed by atoms with Gasteiger partial charge in [-0.3, -0.25) is 19.3 Å². The van der Waals surface area contributed by atoms with E-state index in [0.29, 0.717) is 44.2 Å². The number of nitrogens with zero attached hydrogens (tertiary/aromatic N) is 2. The second-order valence-corrected chi connectivity index (χ2v) is 11.6. The van der Waals surface area contributed by atoms with Crippen LogP contribution in [-0.2, 0) is 5.41 Å². The van der Waals surface area contributed by atoms with Crippen LogP contribution in [0.3, 0.4) is 0 Å². The van der Waals surface area contributed by atoms with Crippen LogP contribution >= 0.6 is 23.2 Å². The maximum atomic E-state index is 13.7. The molecular weight excluding hydrogens is 531 g/mol. The van der Waals surface area contributed by atoms with Crippen molar-refractivity contribution in [1.82, 2.24) is 4.90 Å². The highest BCUT2D eigenvalue weighted by atomic mass is 35.5. The molecule has 0 N–H and O–H groups in total. The fraction of sp³-hybridized carbons (Fsp3) is 0.219. The molecule has 0 aromatic heterocycles. The van der Waals surface area contributed by atoms with Crippen molar-refractivity contribution in [3.63, 3.8) is 0 Å². The summed E-state index contributed by atoms with van der Waals surface area (Å²) >= 11 is 12.4. The Labute approximate surface area is 237 Å². The topological polar surface area (TPSA) is 57.7 Å². The number of benzene rings is 4. The first-order chi connectivity index (χ1) is 18.5. The van der Waals surface area contributed by atoms with Crippen molar-refractivity contribution in [1.29, 1.82) is 0 Å². The van der Waals surface area contributed by atoms with Crippen molar-refractivity contribution in [2.75, 3.05) is 18.0 Å². The summed E-state index contributed by atoms with van der Waals surface area (Å²) in [7, 11) is 0. The molecule has 5 nitrogen and oxygen atoms in total. The molecule has 1 aliphatic rings. The number of hydrogen-bond donors (Lipinski definition) is 0. The van der Waals surface area contributed by atoms with E-state index in [1.807, 2.05) is 48.5 Å². The highest BCUT2D eigenvalue weighted by Gasteiger charge is 2.32. The largest absolute Gasteiger partial charge is 0.308 e. The minimum atomic E-state index is -0.321. The van der Waals surface area contributed by atoms with Crippen molar-refractivity contribution in [2.24, 2.45) is 0 Å². The van der Waals surface area contributed by atoms with E-state index in [4.69, 9.17) is 23.2 Å². The third-order valence-corrected chi connectivity index (χ3v) is 7.46. The van der Waals surface area contributed by atoms with Gasteiger partial charge in [0.05, 0.1) is 0 Å². The van der Waals surface area contributed by atoms with Gasteiger partial charge in [0.25, 0.3) is 17.7 Å². The lowest BCUT2D eigenvalue weighted by Gasteiger charge is -2.29. The van der Waals surface area contributed by atoms with E-state index in [9.17, 15) is 14.4 Å². The number of imide groups is 1. The van der Waals surface area contributed by atoms with Gasteiger partial charge in [-0.05, 0) is 65.3 Å². The third kappa shape index (κ3) is 5.29. The molecule has 1 heterocycles. The Balaban J connectivity index is 1.41. The summed E-state index contributed by atoms with van der Waals surface area (Å²) in [5.41, 5.74) is 3.20. The van der Waals surface area contributed by atoms with E-state index in [1.165, 1.54) is 4.90 Å². The fourth-order valence-electron chi connectivity index (χ4n) is 4.99. The van der Waals surface area contributed by atoms with Crippen molar-refractivity contribution in [2.45, 2.75) is 32.6 Å². The molecule has 4 aromatic carbocycles. The zero-order valence-electron chi connectivity index (χ0n) is 22.0. The fourth-order valence-corrected chi connectivity index (χ4v) is 5.52. The van der Waals surface area contributed by atoms with Crippen LogP contribution in [-0.4, -0.2) is 35.7 Å². The van der Waals surface area contributed by atoms with Gasteiger partial charge in [0.15, 0.2) is 0 Å². The van der Waals surface area contributed by atoms with Crippen LogP contribution in [0.2, 0.25) is 10.0 Å². The van der Waals surface area contributed by atoms with Gasteiger partial charge in [-0.1, -0.05) is 80.4 Å². The number of hydrogen-bond acceptors (Lipinski definition) is 3. The van der Waals surface area contributed by atoms with E-state index in [2.05, 4.69) is 20.8 Å². The Morgan fingerprint density at radius 3 is 1.92 bits per heavy atom. The van der Waals surface area contributed by atoms with E-state index in [-0.39, 0.29) is 36.2 Å². The Kier molecular flexibility index (Phi) is 7.23. The van der Waals surface area contributed by atoms with Crippen molar-refractivity contribution < 1.29 is 14.4 Å². The van der Waals surface area contributed by atoms with Gasteiger partial charge < -0.3 is 4.90 Å². The number of rotatable bonds is 6. The summed E-state index contributed by atoms with van der Waals surface area (Å²) in [5.74, 6) is -0.911. The molecule has 198 valence electrons. The first-order valence-corrected chi connectivity index (χ1v) is 13.6. The predicted octanol–water partition coefficient (Wildman–Crippen LogP) is 7.78. The van der Waals surface area contributed by atoms with Gasteiger partial charge in [-0.2, -0.15) is 0 Å². The highest BCUT2D eigenvalue weighted by Crippen LogP contribution is 2.31. The number of carbonyl (C=O) groups excluding carboxylic acids is 3. The average Bonchev–Trinajstić information content (AvgIpc) is 2.90. The molecule has 5 rings (SSSR count). The summed E-state index contributed by atoms with van der Waals surface area (Å²) < 4.78 is 0. The highest BCUT2D eigenvalue weighted by molar-refractivity contribution is 6.35. The maximum absolute atomic E-state index is 13.7. The van der Waals surface area contributed by atoms with E-state index < -0.39 is 0 Å². The molecule has 0 saturated carbocycles. The molecule has 0 fully saturated rings. The average molecular weight is 559 g/mol. The smallest absolute Gasteiger partial charge is 0.261 e. The van der Waals surface area contributed by atoms with Gasteiger partial charge >= 0.3 is 0 Å². The second kappa shape index (κ2) is 10.5. The van der Waals surface area contributed by atoms with Crippen molar-refractivity contribution in [3.8, 4) is 0 Å². The van der Waals surface area contributed by atoms with Gasteiger partial charge in [0, 0.05) is 50.9 Å². The quantitative estimate of drug-likeness (QED) is 0.227. The molecule has 0 aliphatic carbocycles. The third-order valence-electron chi connectivity index (χ3n) is 7.02. The lowest BCUT2D eigenvalue weighted by atomic mass is 9.87. The zero-order valence-corrected chi connectivity index (χ0v) is 23.5. The Bertz CT molecular complexity index is 1540. The lowest BCUT2D eigenvalue weighted by molar-refractivity contribution is 0.0610. The second-order valence-electron chi connectivity index (χ2n) is 10.7. The van der Waals surface area contributed by atoms with Gasteiger partial charge in [-0.15, -0.1) is 0 Å². The van der Waals surface area contributed by atoms with Gasteiger partial charge in [0.2, 0.25) is 0 Å². The molecule has 3 amide bonds. The Morgan fingerprint density at radius 2 is 1.38 bits per heavy atom. The minimum Gasteiger partial charge on any atom is -0.308 e. The molecular formula is C32H28Cl2N2O3. The molecule has 7 heteroatoms. The number of halogens is 2. The van der Waals surface area contributed by atoms with Crippen LogP contribution in [0.25, 0.3) is 10.8 Å². The van der Waals surface area contributed by atoms with Crippen LogP contribution in [0, 0.1) is 0 Å². The monoisotopic (exact) mass is 558 g/mol. The van der Waals surface area contributed by atoms with Crippen LogP contribution in [0.5, 0.6) is 0 Å².